The zero-order chi connectivity index (χ0) is 12.9. The highest BCUT2D eigenvalue weighted by atomic mass is 79.9. The Morgan fingerprint density at radius 3 is 2.61 bits per heavy atom. The number of halogens is 2. The zero-order valence-electron chi connectivity index (χ0n) is 9.04. The molecule has 0 saturated carbocycles. The van der Waals surface area contributed by atoms with E-state index >= 15 is 0 Å². The molecule has 0 spiro atoms. The van der Waals surface area contributed by atoms with Crippen molar-refractivity contribution in [1.29, 1.82) is 0 Å². The van der Waals surface area contributed by atoms with Gasteiger partial charge in [0.1, 0.15) is 11.2 Å². The number of hydrogen-bond donors (Lipinski definition) is 1. The molecule has 0 radical (unpaired) electrons. The van der Waals surface area contributed by atoms with Crippen LogP contribution in [0.25, 0.3) is 21.9 Å². The van der Waals surface area contributed by atoms with Crippen LogP contribution in [0.1, 0.15) is 0 Å². The van der Waals surface area contributed by atoms with E-state index in [1.54, 1.807) is 24.3 Å². The Kier molecular flexibility index (Phi) is 2.68. The van der Waals surface area contributed by atoms with Gasteiger partial charge in [0.05, 0.1) is 20.9 Å². The van der Waals surface area contributed by atoms with Gasteiger partial charge in [0, 0.05) is 4.47 Å². The maximum atomic E-state index is 12.4. The van der Waals surface area contributed by atoms with Crippen LogP contribution in [0.2, 0.25) is 0 Å². The van der Waals surface area contributed by atoms with Crippen molar-refractivity contribution in [3.05, 3.63) is 49.5 Å². The van der Waals surface area contributed by atoms with Crippen LogP contribution in [0.3, 0.4) is 0 Å². The second kappa shape index (κ2) is 4.10. The molecule has 0 aliphatic heterocycles. The van der Waals surface area contributed by atoms with Gasteiger partial charge in [0.2, 0.25) is 5.43 Å². The second-order valence-electron chi connectivity index (χ2n) is 3.89. The van der Waals surface area contributed by atoms with Gasteiger partial charge in [-0.25, -0.2) is 0 Å². The molecule has 0 atom stereocenters. The van der Waals surface area contributed by atoms with Crippen LogP contribution >= 0.6 is 31.9 Å². The van der Waals surface area contributed by atoms with Gasteiger partial charge in [-0.2, -0.15) is 0 Å². The molecule has 0 saturated heterocycles. The Bertz CT molecular complexity index is 840. The van der Waals surface area contributed by atoms with E-state index in [-0.39, 0.29) is 5.43 Å². The highest BCUT2D eigenvalue weighted by Crippen LogP contribution is 2.35. The van der Waals surface area contributed by atoms with Crippen molar-refractivity contribution in [3.63, 3.8) is 0 Å². The Morgan fingerprint density at radius 1 is 1.11 bits per heavy atom. The number of rotatable bonds is 0. The van der Waals surface area contributed by atoms with E-state index in [0.717, 1.165) is 0 Å². The van der Waals surface area contributed by atoms with Crippen LogP contribution in [0, 0.1) is 0 Å². The number of nitrogen functional groups attached to an aromatic ring is 1. The van der Waals surface area contributed by atoms with Gasteiger partial charge in [-0.05, 0) is 50.1 Å². The minimum absolute atomic E-state index is 0.0853. The molecule has 5 heteroatoms. The minimum Gasteiger partial charge on any atom is -0.456 e. The first-order valence-electron chi connectivity index (χ1n) is 5.18. The average molecular weight is 369 g/mol. The van der Waals surface area contributed by atoms with Crippen LogP contribution < -0.4 is 11.2 Å². The first-order valence-corrected chi connectivity index (χ1v) is 6.77. The van der Waals surface area contributed by atoms with Crippen molar-refractivity contribution in [2.24, 2.45) is 0 Å². The second-order valence-corrected chi connectivity index (χ2v) is 5.53. The fourth-order valence-corrected chi connectivity index (χ4v) is 3.16. The number of benzene rings is 2. The standard InChI is InChI=1S/C13H7Br2NO2/c14-7-5-9-10(11(15)12(7)16)13(17)6-3-1-2-4-8(6)18-9/h1-5H,16H2. The van der Waals surface area contributed by atoms with Gasteiger partial charge < -0.3 is 10.2 Å². The van der Waals surface area contributed by atoms with Crippen molar-refractivity contribution < 1.29 is 4.42 Å². The Morgan fingerprint density at radius 2 is 1.83 bits per heavy atom. The van der Waals surface area contributed by atoms with Crippen molar-refractivity contribution in [2.45, 2.75) is 0 Å². The molecule has 0 aliphatic rings. The first kappa shape index (κ1) is 11.7. The highest BCUT2D eigenvalue weighted by Gasteiger charge is 2.14. The lowest BCUT2D eigenvalue weighted by Crippen LogP contribution is -2.04. The zero-order valence-corrected chi connectivity index (χ0v) is 12.2. The summed E-state index contributed by atoms with van der Waals surface area (Å²) in [6, 6.07) is 8.86. The predicted molar refractivity (Wildman–Crippen MR) is 79.8 cm³/mol. The summed E-state index contributed by atoms with van der Waals surface area (Å²) in [5.74, 6) is 0. The van der Waals surface area contributed by atoms with E-state index in [4.69, 9.17) is 10.2 Å². The Labute approximate surface area is 119 Å². The molecule has 0 fully saturated rings. The molecular formula is C13H7Br2NO2. The molecule has 3 nitrogen and oxygen atoms in total. The Hall–Kier alpha value is -1.33. The van der Waals surface area contributed by atoms with E-state index < -0.39 is 0 Å². The van der Waals surface area contributed by atoms with Crippen LogP contribution in [-0.2, 0) is 0 Å². The summed E-state index contributed by atoms with van der Waals surface area (Å²) >= 11 is 6.69. The quantitative estimate of drug-likeness (QED) is 0.481. The molecule has 2 N–H and O–H groups in total. The molecule has 1 heterocycles. The number of nitrogens with two attached hydrogens (primary N) is 1. The number of para-hydroxylation sites is 1. The summed E-state index contributed by atoms with van der Waals surface area (Å²) in [6.45, 7) is 0. The summed E-state index contributed by atoms with van der Waals surface area (Å²) in [4.78, 5) is 12.4. The van der Waals surface area contributed by atoms with E-state index in [0.29, 0.717) is 36.6 Å². The van der Waals surface area contributed by atoms with Crippen molar-refractivity contribution in [2.75, 3.05) is 5.73 Å². The SMILES string of the molecule is Nc1c(Br)cc2oc3ccccc3c(=O)c2c1Br. The Balaban J connectivity index is 2.65. The topological polar surface area (TPSA) is 56.2 Å². The lowest BCUT2D eigenvalue weighted by atomic mass is 10.1. The van der Waals surface area contributed by atoms with Gasteiger partial charge in [-0.1, -0.05) is 12.1 Å². The molecule has 3 aromatic rings. The van der Waals surface area contributed by atoms with E-state index in [2.05, 4.69) is 31.9 Å². The van der Waals surface area contributed by atoms with Crippen LogP contribution in [0.5, 0.6) is 0 Å². The molecule has 0 aliphatic carbocycles. The third kappa shape index (κ3) is 1.58. The molecule has 3 rings (SSSR count). The molecule has 90 valence electrons. The predicted octanol–water partition coefficient (Wildman–Crippen LogP) is 4.05. The highest BCUT2D eigenvalue weighted by molar-refractivity contribution is 9.11. The lowest BCUT2D eigenvalue weighted by Gasteiger charge is -2.07. The van der Waals surface area contributed by atoms with Crippen LogP contribution in [0.4, 0.5) is 5.69 Å². The molecular weight excluding hydrogens is 362 g/mol. The largest absolute Gasteiger partial charge is 0.456 e. The summed E-state index contributed by atoms with van der Waals surface area (Å²) in [5, 5.41) is 1.02. The van der Waals surface area contributed by atoms with E-state index in [9.17, 15) is 4.79 Å². The van der Waals surface area contributed by atoms with Gasteiger partial charge in [0.25, 0.3) is 0 Å². The molecule has 0 bridgehead atoms. The molecule has 1 aromatic heterocycles. The fourth-order valence-electron chi connectivity index (χ4n) is 1.90. The van der Waals surface area contributed by atoms with Crippen LogP contribution in [0.15, 0.2) is 48.5 Å². The maximum Gasteiger partial charge on any atom is 0.201 e. The summed E-state index contributed by atoms with van der Waals surface area (Å²) in [6.07, 6.45) is 0. The normalized spacial score (nSPS) is 11.2. The van der Waals surface area contributed by atoms with Crippen molar-refractivity contribution >= 4 is 59.5 Å². The maximum absolute atomic E-state index is 12.4. The van der Waals surface area contributed by atoms with Gasteiger partial charge >= 0.3 is 0 Å². The van der Waals surface area contributed by atoms with Crippen molar-refractivity contribution in [3.8, 4) is 0 Å². The third-order valence-corrected chi connectivity index (χ3v) is 4.28. The van der Waals surface area contributed by atoms with Crippen LogP contribution in [-0.4, -0.2) is 0 Å². The van der Waals surface area contributed by atoms with Gasteiger partial charge in [-0.15, -0.1) is 0 Å². The average Bonchev–Trinajstić information content (AvgIpc) is 2.36. The van der Waals surface area contributed by atoms with E-state index in [1.807, 2.05) is 6.07 Å². The summed E-state index contributed by atoms with van der Waals surface area (Å²) in [5.41, 5.74) is 7.37. The fraction of sp³-hybridized carbons (Fsp3) is 0. The monoisotopic (exact) mass is 367 g/mol. The van der Waals surface area contributed by atoms with Gasteiger partial charge in [0.15, 0.2) is 0 Å². The molecule has 0 unspecified atom stereocenters. The summed E-state index contributed by atoms with van der Waals surface area (Å²) in [7, 11) is 0. The van der Waals surface area contributed by atoms with E-state index in [1.165, 1.54) is 0 Å². The lowest BCUT2D eigenvalue weighted by molar-refractivity contribution is 0.659. The molecule has 0 amide bonds. The molecule has 18 heavy (non-hydrogen) atoms. The molecule has 2 aromatic carbocycles. The third-order valence-electron chi connectivity index (χ3n) is 2.80. The van der Waals surface area contributed by atoms with Gasteiger partial charge in [-0.3, -0.25) is 4.79 Å². The number of hydrogen-bond acceptors (Lipinski definition) is 3. The minimum atomic E-state index is -0.0853. The smallest absolute Gasteiger partial charge is 0.201 e. The summed E-state index contributed by atoms with van der Waals surface area (Å²) < 4.78 is 6.98. The number of fused-ring (bicyclic) bond motifs is 2. The van der Waals surface area contributed by atoms with Crippen molar-refractivity contribution in [1.82, 2.24) is 0 Å². The number of anilines is 1. The first-order chi connectivity index (χ1) is 8.59.